The molecular weight excluding hydrogens is 364 g/mol. The molecule has 1 heterocycles. The molecule has 0 atom stereocenters. The normalized spacial score (nSPS) is 13.6. The van der Waals surface area contributed by atoms with E-state index in [4.69, 9.17) is 11.6 Å². The van der Waals surface area contributed by atoms with E-state index >= 15 is 0 Å². The lowest BCUT2D eigenvalue weighted by Gasteiger charge is -2.21. The molecule has 0 amide bonds. The average molecular weight is 377 g/mol. The molecule has 2 aromatic rings. The molecule has 0 radical (unpaired) electrons. The van der Waals surface area contributed by atoms with Crippen LogP contribution in [-0.2, 0) is 13.0 Å². The van der Waals surface area contributed by atoms with Gasteiger partial charge in [0.25, 0.3) is 0 Å². The molecule has 0 aliphatic carbocycles. The fourth-order valence-electron chi connectivity index (χ4n) is 2.57. The van der Waals surface area contributed by atoms with Crippen LogP contribution in [0.25, 0.3) is 11.1 Å². The van der Waals surface area contributed by atoms with E-state index in [1.54, 1.807) is 6.07 Å². The van der Waals surface area contributed by atoms with E-state index in [2.05, 4.69) is 27.3 Å². The Balaban J connectivity index is 0.00000147. The van der Waals surface area contributed by atoms with Crippen LogP contribution in [0.3, 0.4) is 0 Å². The van der Waals surface area contributed by atoms with Crippen molar-refractivity contribution >= 4 is 39.9 Å². The molecule has 2 aromatic carbocycles. The Morgan fingerprint density at radius 3 is 2.80 bits per heavy atom. The Morgan fingerprint density at radius 2 is 2.05 bits per heavy atom. The van der Waals surface area contributed by atoms with Crippen LogP contribution in [-0.4, -0.2) is 6.54 Å². The molecule has 0 fully saturated rings. The summed E-state index contributed by atoms with van der Waals surface area (Å²) >= 11 is 9.30. The van der Waals surface area contributed by atoms with Gasteiger partial charge in [0.15, 0.2) is 0 Å². The second kappa shape index (κ2) is 6.44. The van der Waals surface area contributed by atoms with Crippen molar-refractivity contribution in [2.24, 2.45) is 0 Å². The summed E-state index contributed by atoms with van der Waals surface area (Å²) in [4.78, 5) is 0. The largest absolute Gasteiger partial charge is 0.312 e. The summed E-state index contributed by atoms with van der Waals surface area (Å²) in [5, 5.41) is 3.73. The Bertz CT molecular complexity index is 623. The monoisotopic (exact) mass is 375 g/mol. The van der Waals surface area contributed by atoms with Crippen LogP contribution in [0.4, 0.5) is 4.39 Å². The number of benzene rings is 2. The zero-order chi connectivity index (χ0) is 13.4. The molecule has 0 bridgehead atoms. The lowest BCUT2D eigenvalue weighted by Crippen LogP contribution is -2.24. The van der Waals surface area contributed by atoms with Crippen molar-refractivity contribution in [3.05, 3.63) is 56.8 Å². The van der Waals surface area contributed by atoms with E-state index in [1.807, 2.05) is 12.1 Å². The van der Waals surface area contributed by atoms with E-state index < -0.39 is 0 Å². The van der Waals surface area contributed by atoms with Gasteiger partial charge in [0.05, 0.1) is 0 Å². The molecule has 0 unspecified atom stereocenters. The summed E-state index contributed by atoms with van der Waals surface area (Å²) < 4.78 is 14.9. The lowest BCUT2D eigenvalue weighted by molar-refractivity contribution is 0.627. The third-order valence-electron chi connectivity index (χ3n) is 3.42. The van der Waals surface area contributed by atoms with Crippen LogP contribution >= 0.6 is 39.9 Å². The van der Waals surface area contributed by atoms with Gasteiger partial charge in [0, 0.05) is 21.6 Å². The molecule has 0 spiro atoms. The predicted octanol–water partition coefficient (Wildman–Crippen LogP) is 4.98. The van der Waals surface area contributed by atoms with Crippen LogP contribution in [0.15, 0.2) is 34.8 Å². The zero-order valence-corrected chi connectivity index (χ0v) is 13.7. The van der Waals surface area contributed by atoms with Crippen LogP contribution in [0, 0.1) is 5.82 Å². The molecule has 3 rings (SSSR count). The second-order valence-corrected chi connectivity index (χ2v) is 5.91. The summed E-state index contributed by atoms with van der Waals surface area (Å²) in [7, 11) is 0. The highest BCUT2D eigenvalue weighted by atomic mass is 79.9. The maximum atomic E-state index is 14.2. The molecule has 1 aliphatic rings. The predicted molar refractivity (Wildman–Crippen MR) is 87.2 cm³/mol. The summed E-state index contributed by atoms with van der Waals surface area (Å²) in [6, 6.07) is 9.14. The van der Waals surface area contributed by atoms with Gasteiger partial charge in [-0.25, -0.2) is 4.39 Å². The number of rotatable bonds is 1. The minimum Gasteiger partial charge on any atom is -0.312 e. The van der Waals surface area contributed by atoms with Crippen molar-refractivity contribution in [3.63, 3.8) is 0 Å². The van der Waals surface area contributed by atoms with Crippen LogP contribution in [0.5, 0.6) is 0 Å². The van der Waals surface area contributed by atoms with Gasteiger partial charge in [-0.15, -0.1) is 12.4 Å². The average Bonchev–Trinajstić information content (AvgIpc) is 2.38. The third kappa shape index (κ3) is 2.86. The number of hydrogen-bond acceptors (Lipinski definition) is 1. The Morgan fingerprint density at radius 1 is 1.25 bits per heavy atom. The zero-order valence-electron chi connectivity index (χ0n) is 10.6. The Hall–Kier alpha value is -0.610. The molecule has 20 heavy (non-hydrogen) atoms. The first kappa shape index (κ1) is 15.8. The molecule has 0 aromatic heterocycles. The minimum absolute atomic E-state index is 0. The van der Waals surface area contributed by atoms with Gasteiger partial charge in [0.2, 0.25) is 0 Å². The second-order valence-electron chi connectivity index (χ2n) is 4.61. The summed E-state index contributed by atoms with van der Waals surface area (Å²) in [6.45, 7) is 1.77. The minimum atomic E-state index is -0.286. The van der Waals surface area contributed by atoms with Gasteiger partial charge in [0.1, 0.15) is 5.82 Å². The van der Waals surface area contributed by atoms with Gasteiger partial charge >= 0.3 is 0 Å². The van der Waals surface area contributed by atoms with Gasteiger partial charge in [-0.1, -0.05) is 29.8 Å². The fourth-order valence-corrected chi connectivity index (χ4v) is 3.55. The highest BCUT2D eigenvalue weighted by Gasteiger charge is 2.18. The van der Waals surface area contributed by atoms with E-state index in [0.29, 0.717) is 15.1 Å². The third-order valence-corrected chi connectivity index (χ3v) is 4.26. The van der Waals surface area contributed by atoms with Crippen molar-refractivity contribution in [1.29, 1.82) is 0 Å². The van der Waals surface area contributed by atoms with Crippen molar-refractivity contribution in [2.75, 3.05) is 6.54 Å². The molecule has 106 valence electrons. The molecular formula is C15H13BrCl2FN. The van der Waals surface area contributed by atoms with Gasteiger partial charge in [-0.05, 0) is 57.7 Å². The van der Waals surface area contributed by atoms with Crippen LogP contribution < -0.4 is 5.32 Å². The number of fused-ring (bicyclic) bond motifs is 1. The van der Waals surface area contributed by atoms with Crippen LogP contribution in [0.1, 0.15) is 11.1 Å². The topological polar surface area (TPSA) is 12.0 Å². The summed E-state index contributed by atoms with van der Waals surface area (Å²) in [5.74, 6) is -0.286. The first-order valence-corrected chi connectivity index (χ1v) is 7.30. The number of hydrogen-bond donors (Lipinski definition) is 1. The van der Waals surface area contributed by atoms with Gasteiger partial charge in [-0.2, -0.15) is 0 Å². The smallest absolute Gasteiger partial charge is 0.133 e. The maximum absolute atomic E-state index is 14.2. The maximum Gasteiger partial charge on any atom is 0.133 e. The van der Waals surface area contributed by atoms with Crippen molar-refractivity contribution in [1.82, 2.24) is 5.32 Å². The molecule has 0 saturated carbocycles. The van der Waals surface area contributed by atoms with E-state index in [9.17, 15) is 4.39 Å². The highest BCUT2D eigenvalue weighted by molar-refractivity contribution is 9.10. The Kier molecular flexibility index (Phi) is 5.08. The summed E-state index contributed by atoms with van der Waals surface area (Å²) in [6.07, 6.45) is 0.917. The van der Waals surface area contributed by atoms with E-state index in [-0.39, 0.29) is 18.2 Å². The van der Waals surface area contributed by atoms with Crippen molar-refractivity contribution in [2.45, 2.75) is 13.0 Å². The van der Waals surface area contributed by atoms with Gasteiger partial charge < -0.3 is 5.32 Å². The lowest BCUT2D eigenvalue weighted by atomic mass is 9.91. The molecule has 1 nitrogen and oxygen atoms in total. The molecule has 1 aliphatic heterocycles. The quantitative estimate of drug-likeness (QED) is 0.740. The van der Waals surface area contributed by atoms with Crippen molar-refractivity contribution < 1.29 is 4.39 Å². The molecule has 1 N–H and O–H groups in total. The fraction of sp³-hybridized carbons (Fsp3) is 0.200. The van der Waals surface area contributed by atoms with E-state index in [1.165, 1.54) is 17.2 Å². The van der Waals surface area contributed by atoms with Crippen molar-refractivity contribution in [3.8, 4) is 11.1 Å². The number of halogens is 4. The highest BCUT2D eigenvalue weighted by Crippen LogP contribution is 2.37. The van der Waals surface area contributed by atoms with Gasteiger partial charge in [-0.3, -0.25) is 0 Å². The first-order chi connectivity index (χ1) is 9.16. The van der Waals surface area contributed by atoms with Crippen LogP contribution in [0.2, 0.25) is 5.02 Å². The van der Waals surface area contributed by atoms with E-state index in [0.717, 1.165) is 25.1 Å². The summed E-state index contributed by atoms with van der Waals surface area (Å²) in [5.41, 5.74) is 4.02. The Labute approximate surface area is 137 Å². The molecule has 5 heteroatoms. The standard InChI is InChI=1S/C15H12BrClFN.ClH/c16-13-6-10(17)7-14(18)15(13)12-3-1-2-9-8-19-5-4-11(9)12;/h1-3,6-7,19H,4-5,8H2;1H. The first-order valence-electron chi connectivity index (χ1n) is 6.13. The SMILES string of the molecule is Cl.Fc1cc(Cl)cc(Br)c1-c1cccc2c1CCNC2. The number of nitrogens with one attached hydrogen (secondary N) is 1. The molecule has 0 saturated heterocycles.